The number of nitro benzene ring substituents is 1. The van der Waals surface area contributed by atoms with Crippen LogP contribution < -0.4 is 10.2 Å². The van der Waals surface area contributed by atoms with Gasteiger partial charge in [0, 0.05) is 49.7 Å². The molecule has 0 saturated carbocycles. The van der Waals surface area contributed by atoms with E-state index in [0.717, 1.165) is 18.8 Å². The molecule has 1 aromatic carbocycles. The van der Waals surface area contributed by atoms with Crippen LogP contribution >= 0.6 is 0 Å². The molecular formula is C17H19N3O4. The highest BCUT2D eigenvalue weighted by Gasteiger charge is 2.59. The van der Waals surface area contributed by atoms with Gasteiger partial charge in [-0.3, -0.25) is 14.9 Å². The lowest BCUT2D eigenvalue weighted by Gasteiger charge is -2.30. The molecule has 0 aliphatic carbocycles. The lowest BCUT2D eigenvalue weighted by Crippen LogP contribution is -2.46. The highest BCUT2D eigenvalue weighted by atomic mass is 16.6. The number of fused-ring (bicyclic) bond motifs is 5. The standard InChI is InChI=1S/C17H19N3O4/c1-11(21)18-10-17-7-6-16(24-17)14-8-19(9-15(14)17)12-2-4-13(5-3-12)20(22)23/h2-7,14-16H,8-10H2,1H3,(H,18,21). The Bertz CT molecular complexity index is 717. The van der Waals surface area contributed by atoms with Crippen LogP contribution in [-0.2, 0) is 9.53 Å². The minimum absolute atomic E-state index is 0.0569. The fourth-order valence-electron chi connectivity index (χ4n) is 4.20. The molecule has 0 aromatic heterocycles. The van der Waals surface area contributed by atoms with Crippen molar-refractivity contribution in [3.05, 3.63) is 46.5 Å². The Kier molecular flexibility index (Phi) is 3.35. The molecule has 4 rings (SSSR count). The van der Waals surface area contributed by atoms with E-state index >= 15 is 0 Å². The fourth-order valence-corrected chi connectivity index (χ4v) is 4.20. The lowest BCUT2D eigenvalue weighted by atomic mass is 9.77. The first-order valence-corrected chi connectivity index (χ1v) is 8.09. The molecule has 1 N–H and O–H groups in total. The molecule has 2 fully saturated rings. The Morgan fingerprint density at radius 1 is 1.42 bits per heavy atom. The van der Waals surface area contributed by atoms with Crippen molar-refractivity contribution >= 4 is 17.3 Å². The van der Waals surface area contributed by atoms with Gasteiger partial charge in [-0.2, -0.15) is 0 Å². The number of anilines is 1. The van der Waals surface area contributed by atoms with E-state index in [0.29, 0.717) is 18.4 Å². The summed E-state index contributed by atoms with van der Waals surface area (Å²) >= 11 is 0. The largest absolute Gasteiger partial charge is 0.371 e. The van der Waals surface area contributed by atoms with Gasteiger partial charge in [0.15, 0.2) is 0 Å². The molecule has 4 atom stereocenters. The fraction of sp³-hybridized carbons (Fsp3) is 0.471. The second-order valence-corrected chi connectivity index (χ2v) is 6.76. The van der Waals surface area contributed by atoms with Gasteiger partial charge in [-0.05, 0) is 12.1 Å². The molecule has 24 heavy (non-hydrogen) atoms. The summed E-state index contributed by atoms with van der Waals surface area (Å²) in [6, 6.07) is 6.69. The third-order valence-electron chi connectivity index (χ3n) is 5.38. The number of rotatable bonds is 4. The molecule has 7 heteroatoms. The number of carbonyl (C=O) groups is 1. The molecule has 0 radical (unpaired) electrons. The van der Waals surface area contributed by atoms with Crippen molar-refractivity contribution in [1.29, 1.82) is 0 Å². The average molecular weight is 329 g/mol. The van der Waals surface area contributed by atoms with Crippen molar-refractivity contribution in [3.63, 3.8) is 0 Å². The second kappa shape index (κ2) is 5.31. The molecule has 3 heterocycles. The predicted octanol–water partition coefficient (Wildman–Crippen LogP) is 1.49. The summed E-state index contributed by atoms with van der Waals surface area (Å²) < 4.78 is 6.17. The van der Waals surface area contributed by atoms with Crippen molar-refractivity contribution < 1.29 is 14.5 Å². The summed E-state index contributed by atoms with van der Waals surface area (Å²) in [7, 11) is 0. The molecule has 2 bridgehead atoms. The highest BCUT2D eigenvalue weighted by Crippen LogP contribution is 2.51. The Morgan fingerprint density at radius 3 is 2.83 bits per heavy atom. The Balaban J connectivity index is 1.52. The zero-order valence-corrected chi connectivity index (χ0v) is 13.3. The molecule has 1 aromatic rings. The quantitative estimate of drug-likeness (QED) is 0.514. The van der Waals surface area contributed by atoms with E-state index in [1.807, 2.05) is 0 Å². The lowest BCUT2D eigenvalue weighted by molar-refractivity contribution is -0.384. The van der Waals surface area contributed by atoms with Crippen LogP contribution in [0.2, 0.25) is 0 Å². The monoisotopic (exact) mass is 329 g/mol. The van der Waals surface area contributed by atoms with Gasteiger partial charge in [0.2, 0.25) is 5.91 Å². The number of non-ortho nitro benzene ring substituents is 1. The van der Waals surface area contributed by atoms with Gasteiger partial charge < -0.3 is 15.0 Å². The van der Waals surface area contributed by atoms with E-state index in [9.17, 15) is 14.9 Å². The zero-order valence-electron chi connectivity index (χ0n) is 13.3. The van der Waals surface area contributed by atoms with Crippen LogP contribution in [-0.4, -0.2) is 42.2 Å². The number of benzene rings is 1. The van der Waals surface area contributed by atoms with E-state index in [4.69, 9.17) is 4.74 Å². The second-order valence-electron chi connectivity index (χ2n) is 6.76. The maximum absolute atomic E-state index is 11.3. The number of hydrogen-bond donors (Lipinski definition) is 1. The number of amides is 1. The number of nitrogens with one attached hydrogen (secondary N) is 1. The maximum atomic E-state index is 11.3. The molecule has 3 aliphatic rings. The van der Waals surface area contributed by atoms with Crippen LogP contribution in [0.1, 0.15) is 6.92 Å². The number of hydrogen-bond acceptors (Lipinski definition) is 5. The van der Waals surface area contributed by atoms with Gasteiger partial charge in [-0.25, -0.2) is 0 Å². The molecule has 2 saturated heterocycles. The summed E-state index contributed by atoms with van der Waals surface area (Å²) in [5.41, 5.74) is 0.672. The maximum Gasteiger partial charge on any atom is 0.269 e. The number of carbonyl (C=O) groups excluding carboxylic acids is 1. The summed E-state index contributed by atoms with van der Waals surface area (Å²) in [4.78, 5) is 23.9. The van der Waals surface area contributed by atoms with Crippen LogP contribution in [0.3, 0.4) is 0 Å². The van der Waals surface area contributed by atoms with Crippen molar-refractivity contribution in [3.8, 4) is 0 Å². The zero-order chi connectivity index (χ0) is 16.9. The van der Waals surface area contributed by atoms with Crippen LogP contribution in [0, 0.1) is 22.0 Å². The number of ether oxygens (including phenoxy) is 1. The van der Waals surface area contributed by atoms with Crippen LogP contribution in [0.5, 0.6) is 0 Å². The topological polar surface area (TPSA) is 84.7 Å². The normalized spacial score (nSPS) is 32.9. The van der Waals surface area contributed by atoms with Crippen LogP contribution in [0.15, 0.2) is 36.4 Å². The first kappa shape index (κ1) is 15.1. The third-order valence-corrected chi connectivity index (χ3v) is 5.38. The predicted molar refractivity (Wildman–Crippen MR) is 87.7 cm³/mol. The molecule has 4 unspecified atom stereocenters. The van der Waals surface area contributed by atoms with Crippen molar-refractivity contribution in [2.75, 3.05) is 24.5 Å². The van der Waals surface area contributed by atoms with E-state index < -0.39 is 5.60 Å². The first-order chi connectivity index (χ1) is 11.5. The average Bonchev–Trinajstić information content (AvgIpc) is 3.24. The third kappa shape index (κ3) is 2.27. The SMILES string of the molecule is CC(=O)NCC12C=CC(O1)C1CN(c3ccc([N+](=O)[O-])cc3)CC12. The van der Waals surface area contributed by atoms with Gasteiger partial charge in [-0.1, -0.05) is 12.2 Å². The van der Waals surface area contributed by atoms with Crippen molar-refractivity contribution in [2.24, 2.45) is 11.8 Å². The van der Waals surface area contributed by atoms with E-state index in [-0.39, 0.29) is 22.6 Å². The van der Waals surface area contributed by atoms with Gasteiger partial charge in [-0.15, -0.1) is 0 Å². The summed E-state index contributed by atoms with van der Waals surface area (Å²) in [6.45, 7) is 3.68. The van der Waals surface area contributed by atoms with Gasteiger partial charge >= 0.3 is 0 Å². The summed E-state index contributed by atoms with van der Waals surface area (Å²) in [5, 5.41) is 13.7. The molecule has 0 spiro atoms. The first-order valence-electron chi connectivity index (χ1n) is 8.09. The molecule has 1 amide bonds. The smallest absolute Gasteiger partial charge is 0.269 e. The molecular weight excluding hydrogens is 310 g/mol. The molecule has 126 valence electrons. The molecule has 3 aliphatic heterocycles. The number of nitrogens with zero attached hydrogens (tertiary/aromatic N) is 2. The summed E-state index contributed by atoms with van der Waals surface area (Å²) in [6.07, 6.45) is 4.28. The van der Waals surface area contributed by atoms with Crippen molar-refractivity contribution in [2.45, 2.75) is 18.6 Å². The van der Waals surface area contributed by atoms with E-state index in [1.54, 1.807) is 24.3 Å². The minimum Gasteiger partial charge on any atom is -0.371 e. The van der Waals surface area contributed by atoms with Gasteiger partial charge in [0.1, 0.15) is 5.60 Å². The Hall–Kier alpha value is -2.41. The minimum atomic E-state index is -0.420. The number of nitro groups is 1. The Labute approximate surface area is 139 Å². The van der Waals surface area contributed by atoms with Crippen LogP contribution in [0.4, 0.5) is 11.4 Å². The molecule has 7 nitrogen and oxygen atoms in total. The van der Waals surface area contributed by atoms with Gasteiger partial charge in [0.25, 0.3) is 5.69 Å². The highest BCUT2D eigenvalue weighted by molar-refractivity contribution is 5.73. The van der Waals surface area contributed by atoms with Crippen molar-refractivity contribution in [1.82, 2.24) is 5.32 Å². The van der Waals surface area contributed by atoms with E-state index in [2.05, 4.69) is 22.4 Å². The van der Waals surface area contributed by atoms with E-state index in [1.165, 1.54) is 6.92 Å². The summed E-state index contributed by atoms with van der Waals surface area (Å²) in [5.74, 6) is 0.645. The van der Waals surface area contributed by atoms with Crippen LogP contribution in [0.25, 0.3) is 0 Å². The van der Waals surface area contributed by atoms with Gasteiger partial charge in [0.05, 0.1) is 17.6 Å². The Morgan fingerprint density at radius 2 is 2.17 bits per heavy atom.